The van der Waals surface area contributed by atoms with Gasteiger partial charge in [-0.25, -0.2) is 0 Å². The second-order valence-electron chi connectivity index (χ2n) is 6.81. The van der Waals surface area contributed by atoms with Crippen molar-refractivity contribution in [2.75, 3.05) is 40.0 Å². The van der Waals surface area contributed by atoms with E-state index in [0.717, 1.165) is 23.7 Å². The zero-order valence-corrected chi connectivity index (χ0v) is 16.4. The van der Waals surface area contributed by atoms with Gasteiger partial charge < -0.3 is 14.5 Å². The summed E-state index contributed by atoms with van der Waals surface area (Å²) in [6.45, 7) is 1.54. The summed E-state index contributed by atoms with van der Waals surface area (Å²) < 4.78 is 5.26. The van der Waals surface area contributed by atoms with Crippen LogP contribution in [0.4, 0.5) is 0 Å². The van der Waals surface area contributed by atoms with Gasteiger partial charge in [-0.2, -0.15) is 0 Å². The highest BCUT2D eigenvalue weighted by atomic mass is 32.2. The van der Waals surface area contributed by atoms with Gasteiger partial charge in [0.1, 0.15) is 5.75 Å². The summed E-state index contributed by atoms with van der Waals surface area (Å²) in [6.07, 6.45) is 0. The smallest absolute Gasteiger partial charge is 0.233 e. The molecule has 2 aromatic carbocycles. The molecule has 0 bridgehead atoms. The number of methoxy groups -OCH3 is 1. The van der Waals surface area contributed by atoms with Gasteiger partial charge in [0.25, 0.3) is 0 Å². The number of nitrogens with zero attached hydrogens (tertiary/aromatic N) is 2. The molecule has 0 N–H and O–H groups in total. The van der Waals surface area contributed by atoms with Crippen LogP contribution >= 0.6 is 11.8 Å². The van der Waals surface area contributed by atoms with Gasteiger partial charge in [0.15, 0.2) is 0 Å². The fraction of sp³-hybridized carbons (Fsp3) is 0.381. The zero-order valence-electron chi connectivity index (χ0n) is 15.6. The third-order valence-electron chi connectivity index (χ3n) is 4.95. The molecule has 1 heterocycles. The van der Waals surface area contributed by atoms with Crippen molar-refractivity contribution in [3.63, 3.8) is 0 Å². The van der Waals surface area contributed by atoms with Crippen LogP contribution in [-0.4, -0.2) is 61.8 Å². The van der Waals surface area contributed by atoms with Gasteiger partial charge in [0.05, 0.1) is 12.9 Å². The molecule has 5 heteroatoms. The first kappa shape index (κ1) is 18.8. The lowest BCUT2D eigenvalue weighted by Gasteiger charge is -2.25. The first-order chi connectivity index (χ1) is 12.6. The highest BCUT2D eigenvalue weighted by Crippen LogP contribution is 2.32. The van der Waals surface area contributed by atoms with Crippen LogP contribution in [0.5, 0.6) is 5.75 Å². The second-order valence-corrected chi connectivity index (χ2v) is 7.86. The Hall–Kier alpha value is -1.98. The third-order valence-corrected chi connectivity index (χ3v) is 5.95. The highest BCUT2D eigenvalue weighted by Gasteiger charge is 2.37. The third kappa shape index (κ3) is 4.40. The first-order valence-corrected chi connectivity index (χ1v) is 9.83. The van der Waals surface area contributed by atoms with Crippen LogP contribution in [0.2, 0.25) is 0 Å². The van der Waals surface area contributed by atoms with E-state index >= 15 is 0 Å². The second kappa shape index (κ2) is 8.60. The van der Waals surface area contributed by atoms with E-state index in [1.165, 1.54) is 5.56 Å². The number of hydrogen-bond acceptors (Lipinski definition) is 4. The fourth-order valence-electron chi connectivity index (χ4n) is 3.45. The number of hydrogen-bond donors (Lipinski definition) is 0. The number of carbonyl (C=O) groups excluding carboxylic acids is 1. The quantitative estimate of drug-likeness (QED) is 0.730. The Morgan fingerprint density at radius 2 is 1.81 bits per heavy atom. The average Bonchev–Trinajstić information content (AvgIpc) is 3.13. The topological polar surface area (TPSA) is 32.8 Å². The number of amides is 1. The van der Waals surface area contributed by atoms with E-state index in [1.807, 2.05) is 47.4 Å². The fourth-order valence-corrected chi connectivity index (χ4v) is 4.27. The van der Waals surface area contributed by atoms with Crippen molar-refractivity contribution < 1.29 is 9.53 Å². The van der Waals surface area contributed by atoms with Crippen LogP contribution < -0.4 is 4.74 Å². The predicted octanol–water partition coefficient (Wildman–Crippen LogP) is 3.34. The summed E-state index contributed by atoms with van der Waals surface area (Å²) in [5, 5.41) is 0. The molecule has 1 aliphatic heterocycles. The van der Waals surface area contributed by atoms with Crippen LogP contribution in [0.1, 0.15) is 11.5 Å². The van der Waals surface area contributed by atoms with Crippen LogP contribution in [0.15, 0.2) is 59.5 Å². The van der Waals surface area contributed by atoms with Crippen molar-refractivity contribution in [1.82, 2.24) is 9.80 Å². The summed E-state index contributed by atoms with van der Waals surface area (Å²) in [7, 11) is 5.86. The maximum absolute atomic E-state index is 12.7. The summed E-state index contributed by atoms with van der Waals surface area (Å²) >= 11 is 1.61. The molecule has 3 rings (SSSR count). The summed E-state index contributed by atoms with van der Waals surface area (Å²) in [5.41, 5.74) is 1.26. The van der Waals surface area contributed by atoms with E-state index < -0.39 is 0 Å². The van der Waals surface area contributed by atoms with Gasteiger partial charge in [0, 0.05) is 29.9 Å². The minimum absolute atomic E-state index is 0.210. The van der Waals surface area contributed by atoms with E-state index in [4.69, 9.17) is 4.74 Å². The first-order valence-electron chi connectivity index (χ1n) is 8.84. The Kier molecular flexibility index (Phi) is 6.22. The van der Waals surface area contributed by atoms with Gasteiger partial charge in [0.2, 0.25) is 5.91 Å². The maximum atomic E-state index is 12.7. The van der Waals surface area contributed by atoms with Gasteiger partial charge in [-0.15, -0.1) is 11.8 Å². The number of rotatable bonds is 6. The van der Waals surface area contributed by atoms with Crippen molar-refractivity contribution in [2.45, 2.75) is 16.9 Å². The molecule has 26 heavy (non-hydrogen) atoms. The van der Waals surface area contributed by atoms with Crippen molar-refractivity contribution in [3.8, 4) is 5.75 Å². The number of ether oxygens (including phenoxy) is 1. The molecule has 4 nitrogen and oxygen atoms in total. The molecule has 0 radical (unpaired) electrons. The van der Waals surface area contributed by atoms with E-state index in [0.29, 0.717) is 17.7 Å². The Morgan fingerprint density at radius 1 is 1.12 bits per heavy atom. The van der Waals surface area contributed by atoms with Crippen molar-refractivity contribution in [3.05, 3.63) is 60.2 Å². The van der Waals surface area contributed by atoms with Crippen LogP contribution in [0, 0.1) is 0 Å². The molecular weight excluding hydrogens is 344 g/mol. The largest absolute Gasteiger partial charge is 0.497 e. The molecule has 0 aromatic heterocycles. The minimum Gasteiger partial charge on any atom is -0.497 e. The number of carbonyl (C=O) groups is 1. The highest BCUT2D eigenvalue weighted by molar-refractivity contribution is 8.00. The zero-order chi connectivity index (χ0) is 18.5. The van der Waals surface area contributed by atoms with E-state index in [-0.39, 0.29) is 5.91 Å². The molecule has 2 aromatic rings. The summed E-state index contributed by atoms with van der Waals surface area (Å²) in [4.78, 5) is 18.1. The number of likely N-dealkylation sites (tertiary alicyclic amines) is 1. The lowest BCUT2D eigenvalue weighted by molar-refractivity contribution is -0.127. The lowest BCUT2D eigenvalue weighted by Crippen LogP contribution is -2.36. The molecule has 1 saturated heterocycles. The molecule has 1 amide bonds. The Morgan fingerprint density at radius 3 is 2.42 bits per heavy atom. The number of likely N-dealkylation sites (N-methyl/N-ethyl adjacent to an activating group) is 1. The molecule has 0 spiro atoms. The van der Waals surface area contributed by atoms with Gasteiger partial charge in [-0.05, 0) is 43.9 Å². The average molecular weight is 371 g/mol. The van der Waals surface area contributed by atoms with Crippen LogP contribution in [0.25, 0.3) is 0 Å². The van der Waals surface area contributed by atoms with Crippen LogP contribution in [-0.2, 0) is 4.79 Å². The van der Waals surface area contributed by atoms with Gasteiger partial charge in [-0.3, -0.25) is 4.79 Å². The summed E-state index contributed by atoms with van der Waals surface area (Å²) in [6, 6.07) is 18.7. The van der Waals surface area contributed by atoms with Crippen LogP contribution in [0.3, 0.4) is 0 Å². The SMILES string of the molecule is COc1ccc(C2CN(C(=O)CSc3ccccc3)CC2N(C)C)cc1. The molecule has 1 fully saturated rings. The molecule has 2 atom stereocenters. The monoisotopic (exact) mass is 370 g/mol. The van der Waals surface area contributed by atoms with Crippen molar-refractivity contribution in [1.29, 1.82) is 0 Å². The van der Waals surface area contributed by atoms with E-state index in [1.54, 1.807) is 18.9 Å². The van der Waals surface area contributed by atoms with E-state index in [9.17, 15) is 4.79 Å². The molecule has 0 saturated carbocycles. The molecule has 1 aliphatic rings. The van der Waals surface area contributed by atoms with E-state index in [2.05, 4.69) is 31.1 Å². The maximum Gasteiger partial charge on any atom is 0.233 e. The van der Waals surface area contributed by atoms with Crippen molar-refractivity contribution in [2.24, 2.45) is 0 Å². The normalized spacial score (nSPS) is 19.8. The lowest BCUT2D eigenvalue weighted by atomic mass is 9.93. The Labute approximate surface area is 160 Å². The number of thioether (sulfide) groups is 1. The standard InChI is InChI=1S/C21H26N2O2S/c1-22(2)20-14-23(21(24)15-26-18-7-5-4-6-8-18)13-19(20)16-9-11-17(25-3)12-10-16/h4-12,19-20H,13-15H2,1-3H3. The Balaban J connectivity index is 1.66. The van der Waals surface area contributed by atoms with Gasteiger partial charge in [-0.1, -0.05) is 30.3 Å². The number of benzene rings is 2. The van der Waals surface area contributed by atoms with Crippen molar-refractivity contribution >= 4 is 17.7 Å². The Bertz CT molecular complexity index is 719. The predicted molar refractivity (Wildman–Crippen MR) is 107 cm³/mol. The molecular formula is C21H26N2O2S. The van der Waals surface area contributed by atoms with Gasteiger partial charge >= 0.3 is 0 Å². The molecule has 2 unspecified atom stereocenters. The molecule has 138 valence electrons. The molecule has 0 aliphatic carbocycles. The minimum atomic E-state index is 0.210. The summed E-state index contributed by atoms with van der Waals surface area (Å²) in [5.74, 6) is 1.88.